The second-order valence-corrected chi connectivity index (χ2v) is 7.54. The number of para-hydroxylation sites is 1. The summed E-state index contributed by atoms with van der Waals surface area (Å²) in [6.07, 6.45) is 1.75. The summed E-state index contributed by atoms with van der Waals surface area (Å²) in [4.78, 5) is 19.2. The maximum Gasteiger partial charge on any atom is 0.274 e. The standard InChI is InChI=1S/C19H22N4O2S/c1-3-23-16(12-13(2)21-23)18(24)22-10-8-14(9-11-22)25-19-20-15-6-4-5-7-17(15)26-19/h4-7,12,14H,3,8-11H2,1-2H3. The maximum atomic E-state index is 12.8. The zero-order valence-corrected chi connectivity index (χ0v) is 15.8. The Morgan fingerprint density at radius 1 is 1.31 bits per heavy atom. The summed E-state index contributed by atoms with van der Waals surface area (Å²) >= 11 is 1.58. The summed E-state index contributed by atoms with van der Waals surface area (Å²) in [5.41, 5.74) is 2.53. The molecule has 1 aromatic carbocycles. The van der Waals surface area contributed by atoms with Crippen LogP contribution in [0, 0.1) is 6.92 Å². The third-order valence-electron chi connectivity index (χ3n) is 4.69. The smallest absolute Gasteiger partial charge is 0.274 e. The third-order valence-corrected chi connectivity index (χ3v) is 5.62. The molecule has 1 amide bonds. The van der Waals surface area contributed by atoms with Gasteiger partial charge in [-0.3, -0.25) is 9.48 Å². The van der Waals surface area contributed by atoms with E-state index in [2.05, 4.69) is 16.1 Å². The van der Waals surface area contributed by atoms with Gasteiger partial charge in [-0.05, 0) is 32.0 Å². The zero-order chi connectivity index (χ0) is 18.1. The molecule has 3 aromatic rings. The van der Waals surface area contributed by atoms with E-state index in [1.165, 1.54) is 0 Å². The van der Waals surface area contributed by atoms with E-state index in [0.29, 0.717) is 25.3 Å². The Hall–Kier alpha value is -2.41. The Morgan fingerprint density at radius 2 is 2.08 bits per heavy atom. The molecule has 6 nitrogen and oxygen atoms in total. The van der Waals surface area contributed by atoms with Gasteiger partial charge in [0, 0.05) is 32.5 Å². The molecule has 0 N–H and O–H groups in total. The van der Waals surface area contributed by atoms with Crippen LogP contribution in [-0.2, 0) is 6.54 Å². The van der Waals surface area contributed by atoms with Crippen LogP contribution >= 0.6 is 11.3 Å². The Kier molecular flexibility index (Phi) is 4.63. The minimum atomic E-state index is 0.0610. The highest BCUT2D eigenvalue weighted by molar-refractivity contribution is 7.20. The van der Waals surface area contributed by atoms with Crippen LogP contribution in [0.25, 0.3) is 10.2 Å². The van der Waals surface area contributed by atoms with Crippen LogP contribution in [0.3, 0.4) is 0 Å². The molecule has 4 rings (SSSR count). The highest BCUT2D eigenvalue weighted by Gasteiger charge is 2.27. The first-order chi connectivity index (χ1) is 12.6. The second-order valence-electron chi connectivity index (χ2n) is 6.54. The predicted molar refractivity (Wildman–Crippen MR) is 102 cm³/mol. The lowest BCUT2D eigenvalue weighted by molar-refractivity contribution is 0.0584. The minimum Gasteiger partial charge on any atom is -0.467 e. The third kappa shape index (κ3) is 3.31. The molecule has 1 fully saturated rings. The van der Waals surface area contributed by atoms with Crippen LogP contribution in [0.5, 0.6) is 5.19 Å². The van der Waals surface area contributed by atoms with E-state index in [-0.39, 0.29) is 12.0 Å². The van der Waals surface area contributed by atoms with E-state index in [0.717, 1.165) is 33.9 Å². The Labute approximate surface area is 156 Å². The second kappa shape index (κ2) is 7.07. The van der Waals surface area contributed by atoms with E-state index in [1.54, 1.807) is 16.0 Å². The maximum absolute atomic E-state index is 12.8. The number of amides is 1. The van der Waals surface area contributed by atoms with Gasteiger partial charge >= 0.3 is 0 Å². The Bertz CT molecular complexity index is 892. The van der Waals surface area contributed by atoms with Gasteiger partial charge in [0.1, 0.15) is 11.8 Å². The van der Waals surface area contributed by atoms with Crippen molar-refractivity contribution in [2.24, 2.45) is 0 Å². The Morgan fingerprint density at radius 3 is 2.81 bits per heavy atom. The number of aromatic nitrogens is 3. The van der Waals surface area contributed by atoms with Gasteiger partial charge in [0.15, 0.2) is 0 Å². The van der Waals surface area contributed by atoms with E-state index in [4.69, 9.17) is 4.74 Å². The fourth-order valence-electron chi connectivity index (χ4n) is 3.34. The van der Waals surface area contributed by atoms with Gasteiger partial charge in [-0.1, -0.05) is 23.5 Å². The van der Waals surface area contributed by atoms with Crippen molar-refractivity contribution in [1.82, 2.24) is 19.7 Å². The molecule has 7 heteroatoms. The number of carbonyl (C=O) groups is 1. The summed E-state index contributed by atoms with van der Waals surface area (Å²) in [5, 5.41) is 5.09. The van der Waals surface area contributed by atoms with Gasteiger partial charge in [0.25, 0.3) is 11.1 Å². The van der Waals surface area contributed by atoms with E-state index in [9.17, 15) is 4.79 Å². The number of carbonyl (C=O) groups excluding carboxylic acids is 1. The fourth-order valence-corrected chi connectivity index (χ4v) is 4.22. The number of fused-ring (bicyclic) bond motifs is 1. The van der Waals surface area contributed by atoms with Crippen molar-refractivity contribution in [3.8, 4) is 5.19 Å². The summed E-state index contributed by atoms with van der Waals surface area (Å²) in [6.45, 7) is 6.01. The number of nitrogens with zero attached hydrogens (tertiary/aromatic N) is 4. The van der Waals surface area contributed by atoms with Gasteiger partial charge in [0.05, 0.1) is 15.9 Å². The highest BCUT2D eigenvalue weighted by atomic mass is 32.1. The van der Waals surface area contributed by atoms with Gasteiger partial charge in [-0.2, -0.15) is 5.10 Å². The van der Waals surface area contributed by atoms with Crippen molar-refractivity contribution in [3.05, 3.63) is 41.7 Å². The molecular formula is C19H22N4O2S. The number of ether oxygens (including phenoxy) is 1. The van der Waals surface area contributed by atoms with Crippen molar-refractivity contribution < 1.29 is 9.53 Å². The topological polar surface area (TPSA) is 60.2 Å². The number of aryl methyl sites for hydroxylation is 2. The lowest BCUT2D eigenvalue weighted by Gasteiger charge is -2.31. The first-order valence-electron chi connectivity index (χ1n) is 9.00. The van der Waals surface area contributed by atoms with Crippen LogP contribution in [0.2, 0.25) is 0 Å². The summed E-state index contributed by atoms with van der Waals surface area (Å²) < 4.78 is 8.99. The quantitative estimate of drug-likeness (QED) is 0.705. The molecule has 0 unspecified atom stereocenters. The number of hydrogen-bond donors (Lipinski definition) is 0. The average molecular weight is 370 g/mol. The summed E-state index contributed by atoms with van der Waals surface area (Å²) in [7, 11) is 0. The van der Waals surface area contributed by atoms with E-state index >= 15 is 0 Å². The molecule has 0 atom stereocenters. The van der Waals surface area contributed by atoms with Crippen LogP contribution in [-0.4, -0.2) is 44.8 Å². The van der Waals surface area contributed by atoms with Crippen LogP contribution in [0.1, 0.15) is 35.9 Å². The van der Waals surface area contributed by atoms with E-state index < -0.39 is 0 Å². The molecule has 0 radical (unpaired) electrons. The number of likely N-dealkylation sites (tertiary alicyclic amines) is 1. The molecule has 136 valence electrons. The van der Waals surface area contributed by atoms with Crippen molar-refractivity contribution in [2.45, 2.75) is 39.3 Å². The molecule has 2 aromatic heterocycles. The van der Waals surface area contributed by atoms with Crippen molar-refractivity contribution >= 4 is 27.5 Å². The van der Waals surface area contributed by atoms with Gasteiger partial charge < -0.3 is 9.64 Å². The van der Waals surface area contributed by atoms with Gasteiger partial charge in [-0.15, -0.1) is 0 Å². The van der Waals surface area contributed by atoms with Crippen LogP contribution < -0.4 is 4.74 Å². The molecule has 3 heterocycles. The van der Waals surface area contributed by atoms with Gasteiger partial charge in [-0.25, -0.2) is 4.98 Å². The normalized spacial score (nSPS) is 15.5. The number of hydrogen-bond acceptors (Lipinski definition) is 5. The monoisotopic (exact) mass is 370 g/mol. The SMILES string of the molecule is CCn1nc(C)cc1C(=O)N1CCC(Oc2nc3ccccc3s2)CC1. The van der Waals surface area contributed by atoms with Crippen LogP contribution in [0.15, 0.2) is 30.3 Å². The molecular weight excluding hydrogens is 348 g/mol. The van der Waals surface area contributed by atoms with E-state index in [1.807, 2.05) is 43.0 Å². The molecule has 0 spiro atoms. The number of piperidine rings is 1. The molecule has 1 saturated heterocycles. The molecule has 0 bridgehead atoms. The molecule has 1 aliphatic rings. The summed E-state index contributed by atoms with van der Waals surface area (Å²) in [6, 6.07) is 9.92. The number of rotatable bonds is 4. The first-order valence-corrected chi connectivity index (χ1v) is 9.81. The highest BCUT2D eigenvalue weighted by Crippen LogP contribution is 2.29. The molecule has 26 heavy (non-hydrogen) atoms. The lowest BCUT2D eigenvalue weighted by Crippen LogP contribution is -2.42. The Balaban J connectivity index is 1.38. The number of thiazole rings is 1. The predicted octanol–water partition coefficient (Wildman–Crippen LogP) is 3.50. The number of benzene rings is 1. The summed E-state index contributed by atoms with van der Waals surface area (Å²) in [5.74, 6) is 0.0610. The average Bonchev–Trinajstić information content (AvgIpc) is 3.24. The molecule has 0 saturated carbocycles. The molecule has 1 aliphatic heterocycles. The first kappa shape index (κ1) is 17.0. The zero-order valence-electron chi connectivity index (χ0n) is 15.0. The lowest BCUT2D eigenvalue weighted by atomic mass is 10.1. The minimum absolute atomic E-state index is 0.0610. The fraction of sp³-hybridized carbons (Fsp3) is 0.421. The van der Waals surface area contributed by atoms with Crippen molar-refractivity contribution in [1.29, 1.82) is 0 Å². The van der Waals surface area contributed by atoms with Crippen molar-refractivity contribution in [3.63, 3.8) is 0 Å². The largest absolute Gasteiger partial charge is 0.467 e. The van der Waals surface area contributed by atoms with Gasteiger partial charge in [0.2, 0.25) is 0 Å². The van der Waals surface area contributed by atoms with Crippen LogP contribution in [0.4, 0.5) is 0 Å². The van der Waals surface area contributed by atoms with Crippen molar-refractivity contribution in [2.75, 3.05) is 13.1 Å². The molecule has 0 aliphatic carbocycles.